The van der Waals surface area contributed by atoms with Gasteiger partial charge in [-0.2, -0.15) is 13.8 Å². The molecule has 0 aliphatic carbocycles. The number of nitrogens with zero attached hydrogens (tertiary/aromatic N) is 5. The van der Waals surface area contributed by atoms with Crippen LogP contribution in [-0.2, 0) is 6.54 Å². The summed E-state index contributed by atoms with van der Waals surface area (Å²) in [7, 11) is 1.79. The summed E-state index contributed by atoms with van der Waals surface area (Å²) in [6.07, 6.45) is 1.46. The van der Waals surface area contributed by atoms with Gasteiger partial charge < -0.3 is 4.90 Å². The average Bonchev–Trinajstić information content (AvgIpc) is 3.32. The van der Waals surface area contributed by atoms with E-state index in [1.54, 1.807) is 24.1 Å². The molecule has 124 valence electrons. The topological polar surface area (TPSA) is 87.7 Å². The molecule has 4 rings (SSSR count). The lowest BCUT2D eigenvalue weighted by Gasteiger charge is -2.17. The zero-order chi connectivity index (χ0) is 17.2. The van der Waals surface area contributed by atoms with Crippen LogP contribution < -0.4 is 0 Å². The van der Waals surface area contributed by atoms with Gasteiger partial charge in [0.1, 0.15) is 17.4 Å². The highest BCUT2D eigenvalue weighted by molar-refractivity contribution is 7.00. The number of aromatic amines is 1. The van der Waals surface area contributed by atoms with Crippen molar-refractivity contribution >= 4 is 28.7 Å². The van der Waals surface area contributed by atoms with E-state index in [0.717, 1.165) is 22.2 Å². The summed E-state index contributed by atoms with van der Waals surface area (Å²) in [5.41, 5.74) is 4.28. The summed E-state index contributed by atoms with van der Waals surface area (Å²) >= 11 is 1.19. The Hall–Kier alpha value is -3.13. The number of rotatable bonds is 4. The quantitative estimate of drug-likeness (QED) is 0.611. The molecule has 0 saturated heterocycles. The van der Waals surface area contributed by atoms with E-state index < -0.39 is 0 Å². The number of H-pyrrole nitrogens is 1. The van der Waals surface area contributed by atoms with Gasteiger partial charge in [-0.15, -0.1) is 0 Å². The van der Waals surface area contributed by atoms with Crippen LogP contribution in [0.4, 0.5) is 0 Å². The van der Waals surface area contributed by atoms with E-state index in [9.17, 15) is 4.79 Å². The Kier molecular flexibility index (Phi) is 3.95. The Morgan fingerprint density at radius 3 is 2.68 bits per heavy atom. The van der Waals surface area contributed by atoms with Crippen molar-refractivity contribution in [1.82, 2.24) is 28.8 Å². The van der Waals surface area contributed by atoms with E-state index in [2.05, 4.69) is 23.9 Å². The fourth-order valence-corrected chi connectivity index (χ4v) is 3.12. The molecule has 2 aromatic carbocycles. The first-order valence-electron chi connectivity index (χ1n) is 7.63. The van der Waals surface area contributed by atoms with Crippen molar-refractivity contribution in [2.75, 3.05) is 7.05 Å². The predicted octanol–water partition coefficient (Wildman–Crippen LogP) is 2.75. The molecule has 0 aliphatic rings. The number of carbonyl (C=O) groups excluding carboxylic acids is 1. The summed E-state index contributed by atoms with van der Waals surface area (Å²) in [5, 5.41) is 6.63. The van der Waals surface area contributed by atoms with Crippen molar-refractivity contribution in [1.29, 1.82) is 0 Å². The molecule has 7 nitrogen and oxygen atoms in total. The van der Waals surface area contributed by atoms with Crippen LogP contribution in [-0.4, -0.2) is 41.8 Å². The molecule has 2 heterocycles. The lowest BCUT2D eigenvalue weighted by molar-refractivity contribution is 0.0785. The monoisotopic (exact) mass is 350 g/mol. The maximum Gasteiger partial charge on any atom is 0.253 e. The van der Waals surface area contributed by atoms with E-state index >= 15 is 0 Å². The average molecular weight is 350 g/mol. The smallest absolute Gasteiger partial charge is 0.253 e. The van der Waals surface area contributed by atoms with Crippen molar-refractivity contribution in [3.05, 3.63) is 59.9 Å². The minimum atomic E-state index is -0.0411. The van der Waals surface area contributed by atoms with Crippen LogP contribution in [0.2, 0.25) is 0 Å². The van der Waals surface area contributed by atoms with Gasteiger partial charge in [0.05, 0.1) is 11.7 Å². The number of carbonyl (C=O) groups is 1. The molecule has 8 heteroatoms. The Balaban J connectivity index is 1.49. The fourth-order valence-electron chi connectivity index (χ4n) is 2.61. The number of fused-ring (bicyclic) bond motifs is 1. The van der Waals surface area contributed by atoms with Gasteiger partial charge in [0.2, 0.25) is 0 Å². The second-order valence-corrected chi connectivity index (χ2v) is 6.19. The normalized spacial score (nSPS) is 10.9. The van der Waals surface area contributed by atoms with Crippen molar-refractivity contribution in [3.63, 3.8) is 0 Å². The minimum Gasteiger partial charge on any atom is -0.337 e. The summed E-state index contributed by atoms with van der Waals surface area (Å²) in [5.74, 6) is 0.637. The van der Waals surface area contributed by atoms with Crippen molar-refractivity contribution < 1.29 is 4.79 Å². The number of amides is 1. The summed E-state index contributed by atoms with van der Waals surface area (Å²) in [6, 6.07) is 13.2. The highest BCUT2D eigenvalue weighted by Crippen LogP contribution is 2.18. The van der Waals surface area contributed by atoms with Gasteiger partial charge in [-0.1, -0.05) is 18.2 Å². The van der Waals surface area contributed by atoms with Crippen LogP contribution in [0, 0.1) is 0 Å². The molecular formula is C17H14N6OS. The van der Waals surface area contributed by atoms with Gasteiger partial charge in [0.25, 0.3) is 5.91 Å². The third-order valence-corrected chi connectivity index (χ3v) is 4.46. The van der Waals surface area contributed by atoms with Crippen LogP contribution in [0.1, 0.15) is 15.9 Å². The van der Waals surface area contributed by atoms with E-state index in [0.29, 0.717) is 17.9 Å². The van der Waals surface area contributed by atoms with Gasteiger partial charge in [0.15, 0.2) is 5.82 Å². The number of nitrogens with one attached hydrogen (secondary N) is 1. The maximum atomic E-state index is 12.6. The lowest BCUT2D eigenvalue weighted by Crippen LogP contribution is -2.26. The third-order valence-electron chi connectivity index (χ3n) is 3.90. The Morgan fingerprint density at radius 2 is 1.92 bits per heavy atom. The lowest BCUT2D eigenvalue weighted by atomic mass is 10.1. The molecule has 0 atom stereocenters. The summed E-state index contributed by atoms with van der Waals surface area (Å²) < 4.78 is 8.43. The van der Waals surface area contributed by atoms with Gasteiger partial charge in [0, 0.05) is 24.7 Å². The molecule has 2 aromatic heterocycles. The number of hydrogen-bond acceptors (Lipinski definition) is 6. The maximum absolute atomic E-state index is 12.6. The Labute approximate surface area is 147 Å². The first-order valence-corrected chi connectivity index (χ1v) is 8.36. The second kappa shape index (κ2) is 6.40. The Bertz CT molecular complexity index is 1010. The second-order valence-electron chi connectivity index (χ2n) is 5.66. The molecular weight excluding hydrogens is 336 g/mol. The van der Waals surface area contributed by atoms with Crippen LogP contribution in [0.3, 0.4) is 0 Å². The number of hydrogen-bond donors (Lipinski definition) is 1. The SMILES string of the molecule is CN(Cc1ccc2nsnc2c1)C(=O)c1ccc(-c2ncn[nH]2)cc1. The third kappa shape index (κ3) is 3.11. The van der Waals surface area contributed by atoms with Crippen molar-refractivity contribution in [3.8, 4) is 11.4 Å². The first-order chi connectivity index (χ1) is 12.2. The van der Waals surface area contributed by atoms with Crippen molar-refractivity contribution in [2.45, 2.75) is 6.54 Å². The van der Waals surface area contributed by atoms with E-state index in [1.165, 1.54) is 18.1 Å². The first kappa shape index (κ1) is 15.4. The molecule has 0 fully saturated rings. The molecule has 25 heavy (non-hydrogen) atoms. The van der Waals surface area contributed by atoms with E-state index in [4.69, 9.17) is 0 Å². The number of aromatic nitrogens is 5. The molecule has 0 spiro atoms. The van der Waals surface area contributed by atoms with Gasteiger partial charge >= 0.3 is 0 Å². The minimum absolute atomic E-state index is 0.0411. The standard InChI is InChI=1S/C17H14N6OS/c1-23(9-11-2-7-14-15(8-11)22-25-21-14)17(24)13-5-3-12(4-6-13)16-18-10-19-20-16/h2-8,10H,9H2,1H3,(H,18,19,20). The predicted molar refractivity (Wildman–Crippen MR) is 95.0 cm³/mol. The largest absolute Gasteiger partial charge is 0.337 e. The van der Waals surface area contributed by atoms with Crippen LogP contribution in [0.5, 0.6) is 0 Å². The van der Waals surface area contributed by atoms with Crippen LogP contribution in [0.15, 0.2) is 48.8 Å². The molecule has 4 aromatic rings. The Morgan fingerprint density at radius 1 is 1.12 bits per heavy atom. The molecule has 1 N–H and O–H groups in total. The van der Waals surface area contributed by atoms with Crippen LogP contribution >= 0.6 is 11.7 Å². The van der Waals surface area contributed by atoms with E-state index in [-0.39, 0.29) is 5.91 Å². The number of benzene rings is 2. The van der Waals surface area contributed by atoms with Gasteiger partial charge in [-0.3, -0.25) is 9.89 Å². The summed E-state index contributed by atoms with van der Waals surface area (Å²) in [4.78, 5) is 18.4. The molecule has 0 radical (unpaired) electrons. The molecule has 0 unspecified atom stereocenters. The molecule has 1 amide bonds. The molecule has 0 aliphatic heterocycles. The zero-order valence-corrected chi connectivity index (χ0v) is 14.2. The van der Waals surface area contributed by atoms with Gasteiger partial charge in [-0.25, -0.2) is 4.98 Å². The fraction of sp³-hybridized carbons (Fsp3) is 0.118. The molecule has 0 saturated carbocycles. The summed E-state index contributed by atoms with van der Waals surface area (Å²) in [6.45, 7) is 0.510. The highest BCUT2D eigenvalue weighted by Gasteiger charge is 2.13. The van der Waals surface area contributed by atoms with E-state index in [1.807, 2.05) is 30.3 Å². The van der Waals surface area contributed by atoms with Crippen LogP contribution in [0.25, 0.3) is 22.4 Å². The zero-order valence-electron chi connectivity index (χ0n) is 13.4. The van der Waals surface area contributed by atoms with Gasteiger partial charge in [-0.05, 0) is 29.8 Å². The van der Waals surface area contributed by atoms with Crippen molar-refractivity contribution in [2.24, 2.45) is 0 Å². The highest BCUT2D eigenvalue weighted by atomic mass is 32.1. The molecule has 0 bridgehead atoms.